The van der Waals surface area contributed by atoms with Crippen molar-refractivity contribution in [1.82, 2.24) is 9.80 Å². The summed E-state index contributed by atoms with van der Waals surface area (Å²) in [5.41, 5.74) is 6.49. The number of fused-ring (bicyclic) bond motifs is 1. The fraction of sp³-hybridized carbons (Fsp3) is 0.238. The molecule has 0 aliphatic carbocycles. The number of anilines is 1. The summed E-state index contributed by atoms with van der Waals surface area (Å²) in [7, 11) is 1.35. The van der Waals surface area contributed by atoms with Crippen molar-refractivity contribution in [1.29, 1.82) is 0 Å². The van der Waals surface area contributed by atoms with Crippen molar-refractivity contribution in [2.45, 2.75) is 12.1 Å². The third-order valence-electron chi connectivity index (χ3n) is 5.66. The van der Waals surface area contributed by atoms with Crippen molar-refractivity contribution < 1.29 is 23.6 Å². The maximum Gasteiger partial charge on any atom is 0.323 e. The summed E-state index contributed by atoms with van der Waals surface area (Å²) >= 11 is 0. The molecule has 2 aliphatic rings. The topological polar surface area (TPSA) is 113 Å². The predicted octanol–water partition coefficient (Wildman–Crippen LogP) is 1.50. The second-order valence-electron chi connectivity index (χ2n) is 7.33. The Hall–Kier alpha value is -3.75. The van der Waals surface area contributed by atoms with E-state index in [4.69, 9.17) is 5.73 Å². The molecule has 154 valence electrons. The Balaban J connectivity index is 1.79. The first-order valence-corrected chi connectivity index (χ1v) is 9.32. The van der Waals surface area contributed by atoms with Crippen LogP contribution >= 0.6 is 0 Å². The number of urea groups is 1. The van der Waals surface area contributed by atoms with E-state index in [1.54, 1.807) is 30.3 Å². The molecule has 0 saturated carbocycles. The summed E-state index contributed by atoms with van der Waals surface area (Å²) in [5.74, 6) is -4.37. The summed E-state index contributed by atoms with van der Waals surface area (Å²) in [6.07, 6.45) is 0. The molecule has 3 N–H and O–H groups in total. The third-order valence-corrected chi connectivity index (χ3v) is 5.66. The molecule has 2 aromatic carbocycles. The first kappa shape index (κ1) is 19.6. The van der Waals surface area contributed by atoms with Gasteiger partial charge < -0.3 is 16.0 Å². The van der Waals surface area contributed by atoms with Gasteiger partial charge in [-0.15, -0.1) is 0 Å². The molecule has 9 heteroatoms. The number of carbonyl (C=O) groups is 4. The number of nitrogens with zero attached hydrogens (tertiary/aromatic N) is 2. The van der Waals surface area contributed by atoms with Crippen LogP contribution in [0.1, 0.15) is 11.6 Å². The van der Waals surface area contributed by atoms with E-state index in [2.05, 4.69) is 5.32 Å². The lowest BCUT2D eigenvalue weighted by molar-refractivity contribution is -0.141. The second kappa shape index (κ2) is 7.25. The van der Waals surface area contributed by atoms with E-state index >= 15 is 0 Å². The molecule has 0 bridgehead atoms. The Bertz CT molecular complexity index is 1030. The highest BCUT2D eigenvalue weighted by Crippen LogP contribution is 2.49. The SMILES string of the molecule is CN1C(=O)C2C(C1=O)C(c1ccccc1)N(C(=O)Nc1ccc(F)cc1)C2C(N)=O. The molecule has 8 nitrogen and oxygen atoms in total. The van der Waals surface area contributed by atoms with Crippen molar-refractivity contribution in [3.8, 4) is 0 Å². The number of primary amides is 1. The van der Waals surface area contributed by atoms with Gasteiger partial charge in [-0.25, -0.2) is 9.18 Å². The molecule has 4 unspecified atom stereocenters. The lowest BCUT2D eigenvalue weighted by atomic mass is 9.86. The first-order valence-electron chi connectivity index (χ1n) is 9.32. The molecule has 2 aromatic rings. The zero-order chi connectivity index (χ0) is 21.6. The number of hydrogen-bond donors (Lipinski definition) is 2. The second-order valence-corrected chi connectivity index (χ2v) is 7.33. The highest BCUT2D eigenvalue weighted by atomic mass is 19.1. The van der Waals surface area contributed by atoms with Crippen molar-refractivity contribution >= 4 is 29.4 Å². The molecule has 0 aromatic heterocycles. The first-order chi connectivity index (χ1) is 14.3. The fourth-order valence-corrected chi connectivity index (χ4v) is 4.35. The Kier molecular flexibility index (Phi) is 4.73. The lowest BCUT2D eigenvalue weighted by Gasteiger charge is -2.32. The number of amides is 5. The van der Waals surface area contributed by atoms with Gasteiger partial charge in [0.2, 0.25) is 17.7 Å². The van der Waals surface area contributed by atoms with E-state index < -0.39 is 53.5 Å². The van der Waals surface area contributed by atoms with Crippen LogP contribution in [-0.4, -0.2) is 46.6 Å². The van der Waals surface area contributed by atoms with Crippen LogP contribution in [0.3, 0.4) is 0 Å². The molecule has 5 amide bonds. The van der Waals surface area contributed by atoms with E-state index in [0.29, 0.717) is 11.3 Å². The quantitative estimate of drug-likeness (QED) is 0.747. The molecule has 4 atom stereocenters. The van der Waals surface area contributed by atoms with Gasteiger partial charge in [0.1, 0.15) is 11.9 Å². The van der Waals surface area contributed by atoms with Gasteiger partial charge in [-0.3, -0.25) is 19.3 Å². The normalized spacial score (nSPS) is 25.4. The van der Waals surface area contributed by atoms with Crippen LogP contribution in [0.5, 0.6) is 0 Å². The highest BCUT2D eigenvalue weighted by Gasteiger charge is 2.64. The van der Waals surface area contributed by atoms with Gasteiger partial charge in [0.15, 0.2) is 0 Å². The van der Waals surface area contributed by atoms with Crippen LogP contribution in [0.4, 0.5) is 14.9 Å². The summed E-state index contributed by atoms with van der Waals surface area (Å²) in [6.45, 7) is 0. The largest absolute Gasteiger partial charge is 0.368 e. The minimum atomic E-state index is -1.30. The number of halogens is 1. The number of imide groups is 1. The number of benzene rings is 2. The lowest BCUT2D eigenvalue weighted by Crippen LogP contribution is -2.51. The van der Waals surface area contributed by atoms with Crippen molar-refractivity contribution in [2.75, 3.05) is 12.4 Å². The molecular formula is C21H19FN4O4. The van der Waals surface area contributed by atoms with Gasteiger partial charge >= 0.3 is 6.03 Å². The Labute approximate surface area is 171 Å². The molecule has 0 spiro atoms. The summed E-state index contributed by atoms with van der Waals surface area (Å²) in [6, 6.07) is 10.9. The van der Waals surface area contributed by atoms with Gasteiger partial charge in [-0.2, -0.15) is 0 Å². The van der Waals surface area contributed by atoms with E-state index in [-0.39, 0.29) is 0 Å². The summed E-state index contributed by atoms with van der Waals surface area (Å²) in [4.78, 5) is 53.3. The third kappa shape index (κ3) is 2.99. The molecule has 0 radical (unpaired) electrons. The standard InChI is InChI=1S/C21H19FN4O4/c1-25-19(28)14-15(20(25)29)17(18(23)27)26(16(14)11-5-3-2-4-6-11)21(30)24-13-9-7-12(22)8-10-13/h2-10,14-17H,1H3,(H2,23,27)(H,24,30). The van der Waals surface area contributed by atoms with Gasteiger partial charge in [0.25, 0.3) is 0 Å². The zero-order valence-corrected chi connectivity index (χ0v) is 16.0. The van der Waals surface area contributed by atoms with Gasteiger partial charge in [0.05, 0.1) is 17.9 Å². The van der Waals surface area contributed by atoms with Crippen LogP contribution in [0, 0.1) is 17.7 Å². The Morgan fingerprint density at radius 3 is 2.17 bits per heavy atom. The zero-order valence-electron chi connectivity index (χ0n) is 16.0. The van der Waals surface area contributed by atoms with E-state index in [9.17, 15) is 23.6 Å². The van der Waals surface area contributed by atoms with Crippen LogP contribution in [0.2, 0.25) is 0 Å². The number of nitrogens with one attached hydrogen (secondary N) is 1. The number of carbonyl (C=O) groups excluding carboxylic acids is 4. The van der Waals surface area contributed by atoms with Crippen LogP contribution in [0.15, 0.2) is 54.6 Å². The highest BCUT2D eigenvalue weighted by molar-refractivity contribution is 6.10. The molecular weight excluding hydrogens is 391 g/mol. The van der Waals surface area contributed by atoms with E-state index in [0.717, 1.165) is 4.90 Å². The summed E-state index contributed by atoms with van der Waals surface area (Å²) < 4.78 is 13.2. The predicted molar refractivity (Wildman–Crippen MR) is 104 cm³/mol. The van der Waals surface area contributed by atoms with Crippen LogP contribution in [-0.2, 0) is 14.4 Å². The number of hydrogen-bond acceptors (Lipinski definition) is 4. The molecule has 30 heavy (non-hydrogen) atoms. The van der Waals surface area contributed by atoms with Crippen molar-refractivity contribution in [3.63, 3.8) is 0 Å². The Morgan fingerprint density at radius 2 is 1.57 bits per heavy atom. The molecule has 2 aliphatic heterocycles. The average Bonchev–Trinajstić information content (AvgIpc) is 3.20. The minimum Gasteiger partial charge on any atom is -0.368 e. The van der Waals surface area contributed by atoms with Crippen molar-refractivity contribution in [2.24, 2.45) is 17.6 Å². The van der Waals surface area contributed by atoms with Crippen molar-refractivity contribution in [3.05, 3.63) is 66.0 Å². The van der Waals surface area contributed by atoms with E-state index in [1.807, 2.05) is 0 Å². The molecule has 4 rings (SSSR count). The van der Waals surface area contributed by atoms with Gasteiger partial charge in [-0.05, 0) is 29.8 Å². The van der Waals surface area contributed by atoms with Gasteiger partial charge in [0, 0.05) is 12.7 Å². The maximum atomic E-state index is 13.2. The number of rotatable bonds is 3. The summed E-state index contributed by atoms with van der Waals surface area (Å²) in [5, 5.41) is 2.60. The minimum absolute atomic E-state index is 0.295. The molecule has 2 heterocycles. The van der Waals surface area contributed by atoms with Crippen LogP contribution in [0.25, 0.3) is 0 Å². The Morgan fingerprint density at radius 1 is 0.967 bits per heavy atom. The number of likely N-dealkylation sites (tertiary alicyclic amines) is 2. The monoisotopic (exact) mass is 410 g/mol. The average molecular weight is 410 g/mol. The number of nitrogens with two attached hydrogens (primary N) is 1. The molecule has 2 saturated heterocycles. The molecule has 2 fully saturated rings. The fourth-order valence-electron chi connectivity index (χ4n) is 4.35. The maximum absolute atomic E-state index is 13.2. The van der Waals surface area contributed by atoms with Crippen LogP contribution < -0.4 is 11.1 Å². The van der Waals surface area contributed by atoms with E-state index in [1.165, 1.54) is 36.2 Å². The van der Waals surface area contributed by atoms with Gasteiger partial charge in [-0.1, -0.05) is 30.3 Å². The smallest absolute Gasteiger partial charge is 0.323 e.